The molecule has 0 aliphatic carbocycles. The summed E-state index contributed by atoms with van der Waals surface area (Å²) in [4.78, 5) is 0. The Morgan fingerprint density at radius 1 is 1.50 bits per heavy atom. The van der Waals surface area contributed by atoms with Crippen LogP contribution < -0.4 is 0 Å². The van der Waals surface area contributed by atoms with Crippen LogP contribution in [0.3, 0.4) is 0 Å². The van der Waals surface area contributed by atoms with E-state index in [9.17, 15) is 5.11 Å². The van der Waals surface area contributed by atoms with Crippen molar-refractivity contribution in [1.82, 2.24) is 0 Å². The number of furan rings is 1. The van der Waals surface area contributed by atoms with Crippen LogP contribution >= 0.6 is 0 Å². The lowest BCUT2D eigenvalue weighted by Gasteiger charge is -2.13. The summed E-state index contributed by atoms with van der Waals surface area (Å²) in [6, 6.07) is 3.64. The predicted octanol–water partition coefficient (Wildman–Crippen LogP) is 4.09. The first kappa shape index (κ1) is 13.0. The van der Waals surface area contributed by atoms with Gasteiger partial charge in [0.25, 0.3) is 0 Å². The van der Waals surface area contributed by atoms with Crippen molar-refractivity contribution in [2.75, 3.05) is 0 Å². The van der Waals surface area contributed by atoms with E-state index in [1.807, 2.05) is 12.1 Å². The molecule has 0 fully saturated rings. The fourth-order valence-electron chi connectivity index (χ4n) is 1.75. The van der Waals surface area contributed by atoms with Gasteiger partial charge in [0.05, 0.1) is 6.26 Å². The zero-order valence-corrected chi connectivity index (χ0v) is 10.4. The lowest BCUT2D eigenvalue weighted by molar-refractivity contribution is 0.121. The van der Waals surface area contributed by atoms with E-state index < -0.39 is 6.10 Å². The Labute approximate surface area is 98.0 Å². The highest BCUT2D eigenvalue weighted by Gasteiger charge is 2.13. The van der Waals surface area contributed by atoms with Crippen molar-refractivity contribution >= 4 is 0 Å². The SMILES string of the molecule is CC(C)=CCCC(C)CC(O)c1ccco1. The van der Waals surface area contributed by atoms with Crippen LogP contribution in [0.25, 0.3) is 0 Å². The summed E-state index contributed by atoms with van der Waals surface area (Å²) in [5.74, 6) is 1.18. The first-order valence-corrected chi connectivity index (χ1v) is 5.94. The second-order valence-electron chi connectivity index (χ2n) is 4.73. The third kappa shape index (κ3) is 4.67. The van der Waals surface area contributed by atoms with Crippen LogP contribution in [0.1, 0.15) is 51.9 Å². The van der Waals surface area contributed by atoms with Gasteiger partial charge >= 0.3 is 0 Å². The maximum absolute atomic E-state index is 9.88. The van der Waals surface area contributed by atoms with Gasteiger partial charge < -0.3 is 9.52 Å². The van der Waals surface area contributed by atoms with E-state index >= 15 is 0 Å². The van der Waals surface area contributed by atoms with Crippen LogP contribution in [0.15, 0.2) is 34.5 Å². The third-order valence-electron chi connectivity index (χ3n) is 2.71. The topological polar surface area (TPSA) is 33.4 Å². The molecule has 0 spiro atoms. The Kier molecular flexibility index (Phi) is 5.33. The van der Waals surface area contributed by atoms with Crippen LogP contribution in [0.4, 0.5) is 0 Å². The first-order chi connectivity index (χ1) is 7.59. The molecule has 1 rings (SSSR count). The van der Waals surface area contributed by atoms with Gasteiger partial charge in [0, 0.05) is 0 Å². The molecule has 0 aliphatic heterocycles. The molecule has 1 heterocycles. The van der Waals surface area contributed by atoms with E-state index in [2.05, 4.69) is 26.8 Å². The maximum Gasteiger partial charge on any atom is 0.132 e. The molecule has 90 valence electrons. The molecule has 0 saturated heterocycles. The fourth-order valence-corrected chi connectivity index (χ4v) is 1.75. The van der Waals surface area contributed by atoms with E-state index in [-0.39, 0.29) is 0 Å². The second-order valence-corrected chi connectivity index (χ2v) is 4.73. The third-order valence-corrected chi connectivity index (χ3v) is 2.71. The monoisotopic (exact) mass is 222 g/mol. The summed E-state index contributed by atoms with van der Waals surface area (Å²) < 4.78 is 5.18. The van der Waals surface area contributed by atoms with Gasteiger partial charge in [0.1, 0.15) is 11.9 Å². The van der Waals surface area contributed by atoms with E-state index in [4.69, 9.17) is 4.42 Å². The van der Waals surface area contributed by atoms with Crippen LogP contribution in [-0.4, -0.2) is 5.11 Å². The van der Waals surface area contributed by atoms with Crippen molar-refractivity contribution in [3.05, 3.63) is 35.8 Å². The van der Waals surface area contributed by atoms with Gasteiger partial charge in [-0.3, -0.25) is 0 Å². The maximum atomic E-state index is 9.88. The fraction of sp³-hybridized carbons (Fsp3) is 0.571. The number of allylic oxidation sites excluding steroid dienone is 2. The van der Waals surface area contributed by atoms with Crippen molar-refractivity contribution in [3.8, 4) is 0 Å². The standard InChI is InChI=1S/C14H22O2/c1-11(2)6-4-7-12(3)10-13(15)14-8-5-9-16-14/h5-6,8-9,12-13,15H,4,7,10H2,1-3H3. The van der Waals surface area contributed by atoms with Crippen molar-refractivity contribution < 1.29 is 9.52 Å². The Morgan fingerprint density at radius 3 is 2.81 bits per heavy atom. The summed E-state index contributed by atoms with van der Waals surface area (Å²) in [5.41, 5.74) is 1.36. The molecule has 2 atom stereocenters. The molecule has 2 nitrogen and oxygen atoms in total. The van der Waals surface area contributed by atoms with Crippen LogP contribution in [0.5, 0.6) is 0 Å². The minimum atomic E-state index is -0.461. The van der Waals surface area contributed by atoms with Gasteiger partial charge in [-0.05, 0) is 51.2 Å². The van der Waals surface area contributed by atoms with Crippen molar-refractivity contribution in [1.29, 1.82) is 0 Å². The number of hydrogen-bond donors (Lipinski definition) is 1. The minimum Gasteiger partial charge on any atom is -0.467 e. The molecule has 2 unspecified atom stereocenters. The molecule has 0 aliphatic rings. The van der Waals surface area contributed by atoms with Crippen LogP contribution in [-0.2, 0) is 0 Å². The van der Waals surface area contributed by atoms with Gasteiger partial charge in [-0.2, -0.15) is 0 Å². The Bertz CT molecular complexity index is 307. The molecule has 2 heteroatoms. The average molecular weight is 222 g/mol. The van der Waals surface area contributed by atoms with Crippen molar-refractivity contribution in [2.24, 2.45) is 5.92 Å². The molecule has 1 N–H and O–H groups in total. The normalized spacial score (nSPS) is 14.5. The quantitative estimate of drug-likeness (QED) is 0.735. The van der Waals surface area contributed by atoms with E-state index in [1.54, 1.807) is 6.26 Å². The highest BCUT2D eigenvalue weighted by Crippen LogP contribution is 2.24. The predicted molar refractivity (Wildman–Crippen MR) is 66.1 cm³/mol. The van der Waals surface area contributed by atoms with Gasteiger partial charge in [-0.25, -0.2) is 0 Å². The zero-order chi connectivity index (χ0) is 12.0. The number of aliphatic hydroxyl groups is 1. The molecule has 0 aromatic carbocycles. The molecule has 0 radical (unpaired) electrons. The summed E-state index contributed by atoms with van der Waals surface area (Å²) in [5, 5.41) is 9.88. The second kappa shape index (κ2) is 6.54. The smallest absolute Gasteiger partial charge is 0.132 e. The Hall–Kier alpha value is -1.02. The lowest BCUT2D eigenvalue weighted by Crippen LogP contribution is -2.03. The van der Waals surface area contributed by atoms with Crippen molar-refractivity contribution in [2.45, 2.75) is 46.1 Å². The van der Waals surface area contributed by atoms with Crippen molar-refractivity contribution in [3.63, 3.8) is 0 Å². The van der Waals surface area contributed by atoms with E-state index in [0.29, 0.717) is 11.7 Å². The number of rotatable bonds is 6. The average Bonchev–Trinajstić information content (AvgIpc) is 2.69. The molecule has 16 heavy (non-hydrogen) atoms. The van der Waals surface area contributed by atoms with Gasteiger partial charge in [0.15, 0.2) is 0 Å². The molecular formula is C14H22O2. The molecule has 0 amide bonds. The lowest BCUT2D eigenvalue weighted by atomic mass is 9.97. The summed E-state index contributed by atoms with van der Waals surface area (Å²) in [7, 11) is 0. The minimum absolute atomic E-state index is 0.461. The summed E-state index contributed by atoms with van der Waals surface area (Å²) in [6.07, 6.45) is 6.36. The van der Waals surface area contributed by atoms with E-state index in [0.717, 1.165) is 19.3 Å². The largest absolute Gasteiger partial charge is 0.467 e. The summed E-state index contributed by atoms with van der Waals surface area (Å²) >= 11 is 0. The Balaban J connectivity index is 2.29. The highest BCUT2D eigenvalue weighted by atomic mass is 16.4. The molecule has 1 aromatic rings. The van der Waals surface area contributed by atoms with Crippen LogP contribution in [0.2, 0.25) is 0 Å². The molecule has 0 bridgehead atoms. The number of aliphatic hydroxyl groups excluding tert-OH is 1. The Morgan fingerprint density at radius 2 is 2.25 bits per heavy atom. The van der Waals surface area contributed by atoms with Gasteiger partial charge in [-0.15, -0.1) is 0 Å². The van der Waals surface area contributed by atoms with Gasteiger partial charge in [0.2, 0.25) is 0 Å². The van der Waals surface area contributed by atoms with E-state index in [1.165, 1.54) is 5.57 Å². The number of hydrogen-bond acceptors (Lipinski definition) is 2. The molecular weight excluding hydrogens is 200 g/mol. The zero-order valence-electron chi connectivity index (χ0n) is 10.4. The highest BCUT2D eigenvalue weighted by molar-refractivity contribution is 5.01. The summed E-state index contributed by atoms with van der Waals surface area (Å²) in [6.45, 7) is 6.40. The van der Waals surface area contributed by atoms with Gasteiger partial charge in [-0.1, -0.05) is 18.6 Å². The van der Waals surface area contributed by atoms with Crippen LogP contribution in [0, 0.1) is 5.92 Å². The molecule has 0 saturated carbocycles. The first-order valence-electron chi connectivity index (χ1n) is 5.94. The molecule has 1 aromatic heterocycles.